The molecule has 1 aromatic carbocycles. The van der Waals surface area contributed by atoms with E-state index in [0.29, 0.717) is 25.4 Å². The number of carbonyl (C=O) groups excluding carboxylic acids is 1. The smallest absolute Gasteiger partial charge is 0.253 e. The molecule has 1 aliphatic heterocycles. The molecule has 148 valence electrons. The standard InChI is InChI=1S/C23H27NO4/c1-15-8-19(12-24(2)23(15)26)18-9-17-5-6-20(25)11-21(17)22(10-18)28-14-16-4-3-7-27-13-16/h8-10,12,16H,3-7,11,13-14H2,1-2H3. The lowest BCUT2D eigenvalue weighted by molar-refractivity contribution is -0.118. The van der Waals surface area contributed by atoms with Crippen LogP contribution in [0.3, 0.4) is 0 Å². The number of carbonyl (C=O) groups is 1. The second kappa shape index (κ2) is 7.92. The molecule has 0 saturated carbocycles. The minimum atomic E-state index is 0.0149. The van der Waals surface area contributed by atoms with E-state index in [0.717, 1.165) is 60.5 Å². The van der Waals surface area contributed by atoms with Crippen molar-refractivity contribution in [2.45, 2.75) is 39.0 Å². The summed E-state index contributed by atoms with van der Waals surface area (Å²) < 4.78 is 13.4. The fourth-order valence-electron chi connectivity index (χ4n) is 4.16. The molecule has 1 aliphatic carbocycles. The van der Waals surface area contributed by atoms with Crippen LogP contribution in [-0.2, 0) is 29.4 Å². The summed E-state index contributed by atoms with van der Waals surface area (Å²) in [5.41, 5.74) is 4.96. The SMILES string of the molecule is Cc1cc(-c2cc3c(c(OCC4CCCOC4)c2)CC(=O)CC3)cn(C)c1=O. The highest BCUT2D eigenvalue weighted by Gasteiger charge is 2.23. The predicted octanol–water partition coefficient (Wildman–Crippen LogP) is 3.22. The number of nitrogens with zero attached hydrogens (tertiary/aromatic N) is 1. The first-order valence-electron chi connectivity index (χ1n) is 10.1. The number of rotatable bonds is 4. The molecule has 0 bridgehead atoms. The zero-order chi connectivity index (χ0) is 19.7. The third-order valence-corrected chi connectivity index (χ3v) is 5.77. The van der Waals surface area contributed by atoms with Gasteiger partial charge in [0.25, 0.3) is 5.56 Å². The average Bonchev–Trinajstić information content (AvgIpc) is 2.70. The number of aromatic nitrogens is 1. The summed E-state index contributed by atoms with van der Waals surface area (Å²) in [6.45, 7) is 4.02. The molecular weight excluding hydrogens is 354 g/mol. The predicted molar refractivity (Wildman–Crippen MR) is 108 cm³/mol. The summed E-state index contributed by atoms with van der Waals surface area (Å²) in [6.07, 6.45) is 5.82. The van der Waals surface area contributed by atoms with Gasteiger partial charge in [-0.1, -0.05) is 6.07 Å². The van der Waals surface area contributed by atoms with Crippen molar-refractivity contribution in [3.05, 3.63) is 51.4 Å². The molecular formula is C23H27NO4. The Balaban J connectivity index is 1.70. The molecule has 5 nitrogen and oxygen atoms in total. The molecule has 5 heteroatoms. The van der Waals surface area contributed by atoms with Gasteiger partial charge in [0.1, 0.15) is 11.5 Å². The number of Topliss-reactive ketones (excluding diaryl/α,β-unsaturated/α-hetero) is 1. The summed E-state index contributed by atoms with van der Waals surface area (Å²) in [5.74, 6) is 1.47. The molecule has 4 rings (SSSR count). The first-order chi connectivity index (χ1) is 13.5. The summed E-state index contributed by atoms with van der Waals surface area (Å²) in [6, 6.07) is 6.11. The Labute approximate surface area is 165 Å². The lowest BCUT2D eigenvalue weighted by Crippen LogP contribution is -2.24. The molecule has 1 atom stereocenters. The normalized spacial score (nSPS) is 19.4. The first-order valence-corrected chi connectivity index (χ1v) is 10.1. The number of aryl methyl sites for hydroxylation is 3. The van der Waals surface area contributed by atoms with Crippen molar-refractivity contribution in [1.29, 1.82) is 0 Å². The van der Waals surface area contributed by atoms with E-state index in [1.165, 1.54) is 5.56 Å². The number of benzene rings is 1. The monoisotopic (exact) mass is 381 g/mol. The van der Waals surface area contributed by atoms with E-state index >= 15 is 0 Å². The Morgan fingerprint density at radius 1 is 1.18 bits per heavy atom. The average molecular weight is 381 g/mol. The topological polar surface area (TPSA) is 57.5 Å². The second-order valence-corrected chi connectivity index (χ2v) is 8.05. The van der Waals surface area contributed by atoms with E-state index in [-0.39, 0.29) is 11.3 Å². The largest absolute Gasteiger partial charge is 0.493 e. The zero-order valence-corrected chi connectivity index (χ0v) is 16.6. The van der Waals surface area contributed by atoms with Gasteiger partial charge in [-0.15, -0.1) is 0 Å². The molecule has 2 heterocycles. The first kappa shape index (κ1) is 18.9. The maximum Gasteiger partial charge on any atom is 0.253 e. The lowest BCUT2D eigenvalue weighted by atomic mass is 9.87. The number of ether oxygens (including phenoxy) is 2. The van der Waals surface area contributed by atoms with Gasteiger partial charge in [-0.25, -0.2) is 0 Å². The number of fused-ring (bicyclic) bond motifs is 1. The van der Waals surface area contributed by atoms with Crippen molar-refractivity contribution in [1.82, 2.24) is 4.57 Å². The Bertz CT molecular complexity index is 928. The van der Waals surface area contributed by atoms with Crippen LogP contribution in [0.2, 0.25) is 0 Å². The molecule has 0 amide bonds. The van der Waals surface area contributed by atoms with Gasteiger partial charge < -0.3 is 14.0 Å². The van der Waals surface area contributed by atoms with E-state index < -0.39 is 0 Å². The molecule has 0 spiro atoms. The molecule has 0 N–H and O–H groups in total. The van der Waals surface area contributed by atoms with E-state index in [1.807, 2.05) is 25.3 Å². The van der Waals surface area contributed by atoms with Gasteiger partial charge in [0.05, 0.1) is 13.2 Å². The van der Waals surface area contributed by atoms with Crippen molar-refractivity contribution in [2.24, 2.45) is 13.0 Å². The van der Waals surface area contributed by atoms with Crippen LogP contribution < -0.4 is 10.3 Å². The van der Waals surface area contributed by atoms with Crippen molar-refractivity contribution in [3.8, 4) is 16.9 Å². The van der Waals surface area contributed by atoms with Gasteiger partial charge in [0.15, 0.2) is 0 Å². The summed E-state index contributed by atoms with van der Waals surface area (Å²) in [5, 5.41) is 0. The van der Waals surface area contributed by atoms with Crippen LogP contribution >= 0.6 is 0 Å². The lowest BCUT2D eigenvalue weighted by Gasteiger charge is -2.25. The third kappa shape index (κ3) is 3.90. The molecule has 1 saturated heterocycles. The number of hydrogen-bond donors (Lipinski definition) is 0. The van der Waals surface area contributed by atoms with Gasteiger partial charge in [0.2, 0.25) is 0 Å². The van der Waals surface area contributed by atoms with Crippen LogP contribution in [0.1, 0.15) is 36.0 Å². The molecule has 2 aliphatic rings. The van der Waals surface area contributed by atoms with Crippen LogP contribution in [0, 0.1) is 12.8 Å². The molecule has 1 fully saturated rings. The maximum absolute atomic E-state index is 12.1. The van der Waals surface area contributed by atoms with E-state index in [2.05, 4.69) is 6.07 Å². The summed E-state index contributed by atoms with van der Waals surface area (Å²) in [7, 11) is 1.77. The van der Waals surface area contributed by atoms with Crippen LogP contribution in [0.4, 0.5) is 0 Å². The van der Waals surface area contributed by atoms with Gasteiger partial charge in [-0.05, 0) is 55.0 Å². The Morgan fingerprint density at radius 2 is 2.04 bits per heavy atom. The Hall–Kier alpha value is -2.40. The Morgan fingerprint density at radius 3 is 2.79 bits per heavy atom. The van der Waals surface area contributed by atoms with Gasteiger partial charge >= 0.3 is 0 Å². The van der Waals surface area contributed by atoms with Crippen molar-refractivity contribution in [2.75, 3.05) is 19.8 Å². The highest BCUT2D eigenvalue weighted by Crippen LogP contribution is 2.35. The maximum atomic E-state index is 12.1. The minimum Gasteiger partial charge on any atom is -0.493 e. The highest BCUT2D eigenvalue weighted by atomic mass is 16.5. The van der Waals surface area contributed by atoms with Crippen molar-refractivity contribution < 1.29 is 14.3 Å². The van der Waals surface area contributed by atoms with E-state index in [1.54, 1.807) is 11.6 Å². The zero-order valence-electron chi connectivity index (χ0n) is 16.6. The summed E-state index contributed by atoms with van der Waals surface area (Å²) in [4.78, 5) is 24.1. The van der Waals surface area contributed by atoms with E-state index in [4.69, 9.17) is 9.47 Å². The van der Waals surface area contributed by atoms with Crippen molar-refractivity contribution in [3.63, 3.8) is 0 Å². The fourth-order valence-corrected chi connectivity index (χ4v) is 4.16. The number of ketones is 1. The molecule has 2 aromatic rings. The van der Waals surface area contributed by atoms with Crippen LogP contribution in [0.5, 0.6) is 5.75 Å². The molecule has 0 radical (unpaired) electrons. The van der Waals surface area contributed by atoms with Gasteiger partial charge in [-0.3, -0.25) is 9.59 Å². The molecule has 1 aromatic heterocycles. The quantitative estimate of drug-likeness (QED) is 0.816. The van der Waals surface area contributed by atoms with Crippen LogP contribution in [-0.4, -0.2) is 30.2 Å². The molecule has 28 heavy (non-hydrogen) atoms. The van der Waals surface area contributed by atoms with Gasteiger partial charge in [0, 0.05) is 49.7 Å². The van der Waals surface area contributed by atoms with E-state index in [9.17, 15) is 9.59 Å². The van der Waals surface area contributed by atoms with Crippen molar-refractivity contribution >= 4 is 5.78 Å². The van der Waals surface area contributed by atoms with Gasteiger partial charge in [-0.2, -0.15) is 0 Å². The second-order valence-electron chi connectivity index (χ2n) is 8.05. The Kier molecular flexibility index (Phi) is 5.36. The van der Waals surface area contributed by atoms with Crippen LogP contribution in [0.15, 0.2) is 29.2 Å². The number of pyridine rings is 1. The fraction of sp³-hybridized carbons (Fsp3) is 0.478. The number of hydrogen-bond acceptors (Lipinski definition) is 4. The molecule has 1 unspecified atom stereocenters. The summed E-state index contributed by atoms with van der Waals surface area (Å²) >= 11 is 0. The highest BCUT2D eigenvalue weighted by molar-refractivity contribution is 5.85. The third-order valence-electron chi connectivity index (χ3n) is 5.77. The minimum absolute atomic E-state index is 0.0149. The van der Waals surface area contributed by atoms with Crippen LogP contribution in [0.25, 0.3) is 11.1 Å².